The van der Waals surface area contributed by atoms with Gasteiger partial charge in [-0.25, -0.2) is 0 Å². The van der Waals surface area contributed by atoms with E-state index in [0.29, 0.717) is 9.97 Å². The number of rotatable bonds is 1. The SMILES string of the molecule is Cc1nn2c([N+](=O)[O-])c(Cl)nc2s1. The molecule has 8 heteroatoms. The largest absolute Gasteiger partial charge is 0.388 e. The van der Waals surface area contributed by atoms with Crippen molar-refractivity contribution in [1.82, 2.24) is 14.6 Å². The Labute approximate surface area is 80.9 Å². The molecule has 0 aromatic carbocycles. The maximum Gasteiger partial charge on any atom is 0.388 e. The Kier molecular flexibility index (Phi) is 1.70. The first-order valence-electron chi connectivity index (χ1n) is 3.25. The fourth-order valence-electron chi connectivity index (χ4n) is 0.962. The van der Waals surface area contributed by atoms with Crippen molar-refractivity contribution >= 4 is 33.7 Å². The van der Waals surface area contributed by atoms with Gasteiger partial charge in [0.05, 0.1) is 0 Å². The highest BCUT2D eigenvalue weighted by Crippen LogP contribution is 2.27. The monoisotopic (exact) mass is 218 g/mol. The summed E-state index contributed by atoms with van der Waals surface area (Å²) in [6.45, 7) is 1.75. The van der Waals surface area contributed by atoms with Crippen LogP contribution in [-0.2, 0) is 0 Å². The number of fused-ring (bicyclic) bond motifs is 1. The topological polar surface area (TPSA) is 73.3 Å². The Morgan fingerprint density at radius 2 is 2.38 bits per heavy atom. The first-order valence-corrected chi connectivity index (χ1v) is 4.45. The van der Waals surface area contributed by atoms with Gasteiger partial charge in [-0.15, -0.1) is 0 Å². The molecule has 0 bridgehead atoms. The molecule has 0 aliphatic heterocycles. The van der Waals surface area contributed by atoms with Gasteiger partial charge < -0.3 is 10.1 Å². The Morgan fingerprint density at radius 3 is 3.00 bits per heavy atom. The van der Waals surface area contributed by atoms with Crippen molar-refractivity contribution in [3.05, 3.63) is 20.3 Å². The highest BCUT2D eigenvalue weighted by molar-refractivity contribution is 7.16. The van der Waals surface area contributed by atoms with Gasteiger partial charge >= 0.3 is 10.8 Å². The van der Waals surface area contributed by atoms with Crippen LogP contribution in [-0.4, -0.2) is 19.5 Å². The molecule has 0 spiro atoms. The van der Waals surface area contributed by atoms with Crippen molar-refractivity contribution in [3.63, 3.8) is 0 Å². The van der Waals surface area contributed by atoms with Gasteiger partial charge in [0.25, 0.3) is 0 Å². The van der Waals surface area contributed by atoms with E-state index in [4.69, 9.17) is 11.6 Å². The molecule has 68 valence electrons. The van der Waals surface area contributed by atoms with E-state index >= 15 is 0 Å². The van der Waals surface area contributed by atoms with Crippen molar-refractivity contribution < 1.29 is 4.92 Å². The molecular formula is C5H3ClN4O2S. The van der Waals surface area contributed by atoms with E-state index in [1.807, 2.05) is 0 Å². The van der Waals surface area contributed by atoms with E-state index < -0.39 is 4.92 Å². The van der Waals surface area contributed by atoms with E-state index in [1.54, 1.807) is 6.92 Å². The number of imidazole rings is 1. The molecule has 2 rings (SSSR count). The number of hydrogen-bond acceptors (Lipinski definition) is 5. The predicted molar refractivity (Wildman–Crippen MR) is 47.3 cm³/mol. The summed E-state index contributed by atoms with van der Waals surface area (Å²) in [5.41, 5.74) is 0. The van der Waals surface area contributed by atoms with E-state index in [0.717, 1.165) is 4.52 Å². The lowest BCUT2D eigenvalue weighted by Gasteiger charge is -1.88. The molecule has 0 aliphatic rings. The third kappa shape index (κ3) is 1.16. The summed E-state index contributed by atoms with van der Waals surface area (Å²) < 4.78 is 1.14. The lowest BCUT2D eigenvalue weighted by atomic mass is 10.8. The molecule has 0 amide bonds. The molecule has 6 nitrogen and oxygen atoms in total. The van der Waals surface area contributed by atoms with Crippen LogP contribution in [0.3, 0.4) is 0 Å². The third-order valence-corrected chi connectivity index (χ3v) is 2.49. The van der Waals surface area contributed by atoms with Crippen LogP contribution in [0.15, 0.2) is 0 Å². The van der Waals surface area contributed by atoms with Crippen LogP contribution in [0, 0.1) is 17.0 Å². The summed E-state index contributed by atoms with van der Waals surface area (Å²) in [6.07, 6.45) is 0. The van der Waals surface area contributed by atoms with Gasteiger partial charge in [-0.05, 0) is 11.8 Å². The smallest absolute Gasteiger partial charge is 0.358 e. The molecule has 0 N–H and O–H groups in total. The third-order valence-electron chi connectivity index (χ3n) is 1.41. The maximum absolute atomic E-state index is 10.5. The molecule has 2 aromatic rings. The van der Waals surface area contributed by atoms with Crippen molar-refractivity contribution in [2.24, 2.45) is 0 Å². The normalized spacial score (nSPS) is 10.9. The minimum atomic E-state index is -0.596. The fraction of sp³-hybridized carbons (Fsp3) is 0.200. The zero-order valence-corrected chi connectivity index (χ0v) is 7.96. The molecule has 2 aromatic heterocycles. The zero-order valence-electron chi connectivity index (χ0n) is 6.39. The molecule has 0 atom stereocenters. The van der Waals surface area contributed by atoms with Crippen molar-refractivity contribution in [2.75, 3.05) is 0 Å². The number of halogens is 1. The Morgan fingerprint density at radius 1 is 1.69 bits per heavy atom. The van der Waals surface area contributed by atoms with Crippen LogP contribution in [0.1, 0.15) is 5.01 Å². The number of aryl methyl sites for hydroxylation is 1. The number of nitro groups is 1. The number of aromatic nitrogens is 3. The first kappa shape index (κ1) is 8.39. The van der Waals surface area contributed by atoms with Crippen LogP contribution in [0.5, 0.6) is 0 Å². The number of nitrogens with zero attached hydrogens (tertiary/aromatic N) is 4. The van der Waals surface area contributed by atoms with Crippen LogP contribution in [0.25, 0.3) is 4.96 Å². The lowest BCUT2D eigenvalue weighted by Crippen LogP contribution is -1.95. The predicted octanol–water partition coefficient (Wildman–Crippen LogP) is 1.66. The molecule has 0 saturated heterocycles. The van der Waals surface area contributed by atoms with E-state index in [9.17, 15) is 10.1 Å². The molecule has 0 radical (unpaired) electrons. The van der Waals surface area contributed by atoms with Crippen LogP contribution in [0.4, 0.5) is 5.82 Å². The second-order valence-electron chi connectivity index (χ2n) is 2.30. The van der Waals surface area contributed by atoms with Crippen molar-refractivity contribution in [1.29, 1.82) is 0 Å². The minimum Gasteiger partial charge on any atom is -0.358 e. The summed E-state index contributed by atoms with van der Waals surface area (Å²) in [5.74, 6) is -0.277. The number of hydrogen-bond donors (Lipinski definition) is 0. The maximum atomic E-state index is 10.5. The minimum absolute atomic E-state index is 0.122. The summed E-state index contributed by atoms with van der Waals surface area (Å²) in [6, 6.07) is 0. The van der Waals surface area contributed by atoms with Gasteiger partial charge in [-0.3, -0.25) is 0 Å². The van der Waals surface area contributed by atoms with Crippen molar-refractivity contribution in [2.45, 2.75) is 6.92 Å². The lowest BCUT2D eigenvalue weighted by molar-refractivity contribution is -0.390. The molecule has 0 aliphatic carbocycles. The van der Waals surface area contributed by atoms with Gasteiger partial charge in [0.2, 0.25) is 5.15 Å². The summed E-state index contributed by atoms with van der Waals surface area (Å²) in [5, 5.41) is 15.0. The highest BCUT2D eigenvalue weighted by Gasteiger charge is 2.24. The Hall–Kier alpha value is -1.21. The van der Waals surface area contributed by atoms with Crippen molar-refractivity contribution in [3.8, 4) is 0 Å². The molecule has 0 unspecified atom stereocenters. The first-order chi connectivity index (χ1) is 6.09. The molecule has 0 fully saturated rings. The van der Waals surface area contributed by atoms with E-state index in [-0.39, 0.29) is 11.0 Å². The van der Waals surface area contributed by atoms with Gasteiger partial charge in [-0.2, -0.15) is 4.98 Å². The van der Waals surface area contributed by atoms with Gasteiger partial charge in [0.1, 0.15) is 5.01 Å². The molecular weight excluding hydrogens is 216 g/mol. The zero-order chi connectivity index (χ0) is 9.59. The summed E-state index contributed by atoms with van der Waals surface area (Å²) in [7, 11) is 0. The van der Waals surface area contributed by atoms with Crippen LogP contribution in [0.2, 0.25) is 5.15 Å². The van der Waals surface area contributed by atoms with E-state index in [2.05, 4.69) is 10.1 Å². The Balaban J connectivity index is 2.83. The standard InChI is InChI=1S/C5H3ClN4O2S/c1-2-8-9-4(10(11)12)3(6)7-5(9)13-2/h1H3. The second kappa shape index (κ2) is 2.64. The highest BCUT2D eigenvalue weighted by atomic mass is 35.5. The molecule has 13 heavy (non-hydrogen) atoms. The quantitative estimate of drug-likeness (QED) is 0.539. The van der Waals surface area contributed by atoms with E-state index in [1.165, 1.54) is 11.3 Å². The Bertz CT molecular complexity index is 490. The average Bonchev–Trinajstić information content (AvgIpc) is 2.41. The van der Waals surface area contributed by atoms with Crippen LogP contribution >= 0.6 is 22.9 Å². The van der Waals surface area contributed by atoms with Crippen LogP contribution < -0.4 is 0 Å². The average molecular weight is 219 g/mol. The second-order valence-corrected chi connectivity index (χ2v) is 3.82. The fourth-order valence-corrected chi connectivity index (χ4v) is 1.98. The van der Waals surface area contributed by atoms with Gasteiger partial charge in [-0.1, -0.05) is 32.6 Å². The summed E-state index contributed by atoms with van der Waals surface area (Å²) >= 11 is 6.81. The molecule has 0 saturated carbocycles. The summed E-state index contributed by atoms with van der Waals surface area (Å²) in [4.78, 5) is 14.2. The molecule has 2 heterocycles. The van der Waals surface area contributed by atoms with Gasteiger partial charge in [0, 0.05) is 0 Å². The van der Waals surface area contributed by atoms with Gasteiger partial charge in [0.15, 0.2) is 0 Å².